The summed E-state index contributed by atoms with van der Waals surface area (Å²) in [6, 6.07) is -0.281. The molecular weight excluding hydrogens is 438 g/mol. The van der Waals surface area contributed by atoms with Gasteiger partial charge in [-0.15, -0.1) is 23.5 Å². The number of rotatable bonds is 4. The van der Waals surface area contributed by atoms with Gasteiger partial charge in [0.2, 0.25) is 0 Å². The molecule has 9 heteroatoms. The van der Waals surface area contributed by atoms with Gasteiger partial charge >= 0.3 is 6.09 Å². The van der Waals surface area contributed by atoms with E-state index >= 15 is 0 Å². The highest BCUT2D eigenvalue weighted by Gasteiger charge is 2.58. The van der Waals surface area contributed by atoms with Gasteiger partial charge in [0.15, 0.2) is 11.6 Å². The second kappa shape index (κ2) is 8.87. The van der Waals surface area contributed by atoms with Crippen LogP contribution in [0.25, 0.3) is 0 Å². The minimum atomic E-state index is -0.793. The molecule has 3 aliphatic rings. The maximum Gasteiger partial charge on any atom is 0.410 e. The average molecular weight is 478 g/mol. The van der Waals surface area contributed by atoms with Crippen LogP contribution < -0.4 is 0 Å². The lowest BCUT2D eigenvalue weighted by Crippen LogP contribution is -2.60. The van der Waals surface area contributed by atoms with E-state index in [1.54, 1.807) is 11.9 Å². The molecule has 31 heavy (non-hydrogen) atoms. The van der Waals surface area contributed by atoms with E-state index in [0.29, 0.717) is 6.61 Å². The fourth-order valence-corrected chi connectivity index (χ4v) is 7.70. The topological polar surface area (TPSA) is 66.5 Å². The molecule has 7 nitrogen and oxygen atoms in total. The largest absolute Gasteiger partial charge is 0.444 e. The van der Waals surface area contributed by atoms with Crippen molar-refractivity contribution in [1.82, 2.24) is 4.90 Å². The second-order valence-electron chi connectivity index (χ2n) is 10.5. The summed E-state index contributed by atoms with van der Waals surface area (Å²) >= 11 is 3.75. The first-order valence-electron chi connectivity index (χ1n) is 11.0. The number of nitrogens with zero attached hydrogens (tertiary/aromatic N) is 1. The third-order valence-electron chi connectivity index (χ3n) is 5.57. The number of thioether (sulfide) groups is 2. The van der Waals surface area contributed by atoms with Crippen LogP contribution in [0.3, 0.4) is 0 Å². The zero-order chi connectivity index (χ0) is 23.2. The number of carbonyl (C=O) groups is 1. The Labute approximate surface area is 195 Å². The molecule has 0 aliphatic carbocycles. The van der Waals surface area contributed by atoms with Crippen LogP contribution in [-0.4, -0.2) is 81.8 Å². The van der Waals surface area contributed by atoms with Crippen molar-refractivity contribution >= 4 is 29.6 Å². The Bertz CT molecular complexity index is 659. The van der Waals surface area contributed by atoms with Gasteiger partial charge in [-0.3, -0.25) is 0 Å². The van der Waals surface area contributed by atoms with Gasteiger partial charge in [-0.25, -0.2) is 4.79 Å². The fourth-order valence-electron chi connectivity index (χ4n) is 4.37. The van der Waals surface area contributed by atoms with E-state index in [1.807, 2.05) is 72.0 Å². The van der Waals surface area contributed by atoms with Crippen LogP contribution in [0.2, 0.25) is 0 Å². The van der Waals surface area contributed by atoms with Crippen molar-refractivity contribution in [3.05, 3.63) is 0 Å². The number of hydrogen-bond acceptors (Lipinski definition) is 8. The molecule has 1 amide bonds. The SMILES string of the molecule is CN(C(=O)OC(C)(C)C)[C@H]([C@H]1OC(C)(C)O[C@@H]1[C@H]1COC(C)(C)O1)C1(C)SCCCS1. The Hall–Kier alpha value is -0.190. The Morgan fingerprint density at radius 3 is 2.16 bits per heavy atom. The van der Waals surface area contributed by atoms with Crippen molar-refractivity contribution in [2.75, 3.05) is 25.2 Å². The lowest BCUT2D eigenvalue weighted by molar-refractivity contribution is -0.175. The fraction of sp³-hybridized carbons (Fsp3) is 0.955. The molecule has 0 aromatic heterocycles. The van der Waals surface area contributed by atoms with Gasteiger partial charge < -0.3 is 28.6 Å². The van der Waals surface area contributed by atoms with Crippen LogP contribution in [0.1, 0.15) is 61.8 Å². The molecule has 3 fully saturated rings. The van der Waals surface area contributed by atoms with Crippen molar-refractivity contribution in [3.63, 3.8) is 0 Å². The first kappa shape index (κ1) is 25.4. The first-order chi connectivity index (χ1) is 14.1. The Morgan fingerprint density at radius 1 is 1.03 bits per heavy atom. The summed E-state index contributed by atoms with van der Waals surface area (Å²) in [6.45, 7) is 15.9. The number of amides is 1. The highest BCUT2D eigenvalue weighted by Crippen LogP contribution is 2.50. The molecule has 3 rings (SSSR count). The smallest absolute Gasteiger partial charge is 0.410 e. The van der Waals surface area contributed by atoms with Gasteiger partial charge in [0.05, 0.1) is 16.7 Å². The molecule has 0 N–H and O–H groups in total. The van der Waals surface area contributed by atoms with E-state index < -0.39 is 23.3 Å². The second-order valence-corrected chi connectivity index (χ2v) is 13.9. The molecule has 3 saturated heterocycles. The van der Waals surface area contributed by atoms with Crippen LogP contribution >= 0.6 is 23.5 Å². The molecule has 0 saturated carbocycles. The molecule has 0 unspecified atom stereocenters. The zero-order valence-electron chi connectivity index (χ0n) is 20.4. The Morgan fingerprint density at radius 2 is 1.65 bits per heavy atom. The zero-order valence-corrected chi connectivity index (χ0v) is 22.0. The first-order valence-corrected chi connectivity index (χ1v) is 13.0. The van der Waals surface area contributed by atoms with Crippen LogP contribution in [-0.2, 0) is 23.7 Å². The summed E-state index contributed by atoms with van der Waals surface area (Å²) in [5, 5.41) is 0. The molecule has 0 radical (unpaired) electrons. The molecule has 0 aromatic carbocycles. The summed E-state index contributed by atoms with van der Waals surface area (Å²) in [5.74, 6) is 0.620. The lowest BCUT2D eigenvalue weighted by atomic mass is 9.97. The molecular formula is C22H39NO6S2. The third-order valence-corrected chi connectivity index (χ3v) is 8.90. The molecule has 0 spiro atoms. The Kier molecular flexibility index (Phi) is 7.28. The van der Waals surface area contributed by atoms with Gasteiger partial charge in [0.1, 0.15) is 23.9 Å². The molecule has 3 heterocycles. The van der Waals surface area contributed by atoms with Gasteiger partial charge in [-0.1, -0.05) is 0 Å². The van der Waals surface area contributed by atoms with Crippen molar-refractivity contribution in [3.8, 4) is 0 Å². The predicted octanol–water partition coefficient (Wildman–Crippen LogP) is 4.48. The molecule has 0 bridgehead atoms. The van der Waals surface area contributed by atoms with Crippen LogP contribution in [0.15, 0.2) is 0 Å². The van der Waals surface area contributed by atoms with Gasteiger partial charge in [-0.2, -0.15) is 0 Å². The highest BCUT2D eigenvalue weighted by atomic mass is 32.2. The summed E-state index contributed by atoms with van der Waals surface area (Å²) in [6.07, 6.45) is -0.247. The van der Waals surface area contributed by atoms with Gasteiger partial charge in [0, 0.05) is 7.05 Å². The normalized spacial score (nSPS) is 33.1. The number of carbonyl (C=O) groups excluding carboxylic acids is 1. The van der Waals surface area contributed by atoms with E-state index in [1.165, 1.54) is 0 Å². The molecule has 4 atom stereocenters. The standard InChI is InChI=1S/C22H39NO6S2/c1-19(2,3)29-18(24)23(9)17(22(8)30-11-10-12-31-22)16-15(27-21(6,7)28-16)14-13-25-20(4,5)26-14/h14-17H,10-13H2,1-9H3/t14-,15-,16+,17-/m1/s1. The minimum absolute atomic E-state index is 0.272. The van der Waals surface area contributed by atoms with Crippen LogP contribution in [0.5, 0.6) is 0 Å². The number of ether oxygens (including phenoxy) is 5. The van der Waals surface area contributed by atoms with E-state index in [-0.39, 0.29) is 28.4 Å². The van der Waals surface area contributed by atoms with E-state index in [2.05, 4.69) is 6.92 Å². The van der Waals surface area contributed by atoms with Gasteiger partial charge in [0.25, 0.3) is 0 Å². The minimum Gasteiger partial charge on any atom is -0.444 e. The summed E-state index contributed by atoms with van der Waals surface area (Å²) < 4.78 is 30.3. The monoisotopic (exact) mass is 477 g/mol. The number of hydrogen-bond donors (Lipinski definition) is 0. The molecule has 180 valence electrons. The maximum absolute atomic E-state index is 13.2. The van der Waals surface area contributed by atoms with Crippen molar-refractivity contribution in [2.24, 2.45) is 0 Å². The number of likely N-dealkylation sites (N-methyl/N-ethyl adjacent to an activating group) is 1. The summed E-state index contributed by atoms with van der Waals surface area (Å²) in [5.41, 5.74) is -0.582. The van der Waals surface area contributed by atoms with Crippen LogP contribution in [0.4, 0.5) is 4.79 Å². The van der Waals surface area contributed by atoms with Crippen LogP contribution in [0, 0.1) is 0 Å². The van der Waals surface area contributed by atoms with Crippen molar-refractivity contribution in [1.29, 1.82) is 0 Å². The molecule has 0 aromatic rings. The van der Waals surface area contributed by atoms with E-state index in [4.69, 9.17) is 23.7 Å². The Balaban J connectivity index is 1.95. The maximum atomic E-state index is 13.2. The highest BCUT2D eigenvalue weighted by molar-refractivity contribution is 8.18. The summed E-state index contributed by atoms with van der Waals surface area (Å²) in [7, 11) is 1.81. The average Bonchev–Trinajstić information content (AvgIpc) is 3.12. The molecule has 3 aliphatic heterocycles. The summed E-state index contributed by atoms with van der Waals surface area (Å²) in [4.78, 5) is 14.9. The quantitative estimate of drug-likeness (QED) is 0.587. The lowest BCUT2D eigenvalue weighted by Gasteiger charge is -2.47. The van der Waals surface area contributed by atoms with E-state index in [0.717, 1.165) is 17.9 Å². The predicted molar refractivity (Wildman–Crippen MR) is 124 cm³/mol. The van der Waals surface area contributed by atoms with E-state index in [9.17, 15) is 4.79 Å². The van der Waals surface area contributed by atoms with Crippen molar-refractivity contribution < 1.29 is 28.5 Å². The third kappa shape index (κ3) is 6.03. The van der Waals surface area contributed by atoms with Crippen molar-refractivity contribution in [2.45, 2.75) is 107 Å². The van der Waals surface area contributed by atoms with Gasteiger partial charge in [-0.05, 0) is 73.3 Å².